The summed E-state index contributed by atoms with van der Waals surface area (Å²) in [4.78, 5) is 4.44. The molecule has 1 aliphatic rings. The molecule has 0 saturated heterocycles. The Morgan fingerprint density at radius 3 is 2.67 bits per heavy atom. The van der Waals surface area contributed by atoms with Crippen molar-refractivity contribution in [2.45, 2.75) is 25.7 Å². The number of pyridine rings is 1. The largest absolute Gasteiger partial charge is 0.373 e. The van der Waals surface area contributed by atoms with E-state index in [-0.39, 0.29) is 0 Å². The fourth-order valence-corrected chi connectivity index (χ4v) is 1.54. The quantitative estimate of drug-likeness (QED) is 0.721. The normalized spacial score (nSPS) is 16.2. The number of nitrogens with zero attached hydrogens (tertiary/aromatic N) is 1. The molecule has 1 aromatic heterocycles. The number of aryl methyl sites for hydroxylation is 1. The first-order valence-electron chi connectivity index (χ1n) is 4.46. The third kappa shape index (κ3) is 1.29. The molecule has 0 aromatic carbocycles. The monoisotopic (exact) mass is 162 g/mol. The van der Waals surface area contributed by atoms with Crippen LogP contribution in [0.3, 0.4) is 0 Å². The zero-order valence-corrected chi connectivity index (χ0v) is 7.59. The second kappa shape index (κ2) is 2.77. The molecule has 1 aliphatic carbocycles. The zero-order valence-electron chi connectivity index (χ0n) is 7.59. The first kappa shape index (κ1) is 7.59. The summed E-state index contributed by atoms with van der Waals surface area (Å²) in [5.74, 6) is 1.78. The second-order valence-electron chi connectivity index (χ2n) is 3.40. The predicted molar refractivity (Wildman–Crippen MR) is 50.5 cm³/mol. The molecule has 1 aromatic rings. The maximum atomic E-state index is 4.44. The molecule has 1 heterocycles. The minimum Gasteiger partial charge on any atom is -0.373 e. The van der Waals surface area contributed by atoms with Crippen LogP contribution in [0.25, 0.3) is 0 Å². The van der Waals surface area contributed by atoms with Crippen molar-refractivity contribution in [3.05, 3.63) is 23.4 Å². The van der Waals surface area contributed by atoms with Gasteiger partial charge in [-0.05, 0) is 37.3 Å². The van der Waals surface area contributed by atoms with E-state index in [1.54, 1.807) is 0 Å². The minimum atomic E-state index is 0.809. The van der Waals surface area contributed by atoms with Crippen LogP contribution >= 0.6 is 0 Å². The average molecular weight is 162 g/mol. The molecule has 64 valence electrons. The molecular weight excluding hydrogens is 148 g/mol. The number of rotatable bonds is 2. The van der Waals surface area contributed by atoms with Gasteiger partial charge in [0, 0.05) is 12.7 Å². The standard InChI is InChI=1S/C10H14N2/c1-7-9(8-3-4-8)5-6-10(11-2)12-7/h5-6,8H,3-4H2,1-2H3,(H,11,12). The first-order valence-corrected chi connectivity index (χ1v) is 4.46. The van der Waals surface area contributed by atoms with Crippen molar-refractivity contribution in [1.82, 2.24) is 4.98 Å². The van der Waals surface area contributed by atoms with Gasteiger partial charge in [0.2, 0.25) is 0 Å². The number of hydrogen-bond acceptors (Lipinski definition) is 2. The van der Waals surface area contributed by atoms with Gasteiger partial charge in [0.25, 0.3) is 0 Å². The topological polar surface area (TPSA) is 24.9 Å². The van der Waals surface area contributed by atoms with E-state index in [9.17, 15) is 0 Å². The number of nitrogens with one attached hydrogen (secondary N) is 1. The van der Waals surface area contributed by atoms with Crippen LogP contribution in [0.4, 0.5) is 5.82 Å². The van der Waals surface area contributed by atoms with Crippen LogP contribution in [0.15, 0.2) is 12.1 Å². The number of hydrogen-bond donors (Lipinski definition) is 1. The minimum absolute atomic E-state index is 0.809. The van der Waals surface area contributed by atoms with Gasteiger partial charge >= 0.3 is 0 Å². The number of aromatic nitrogens is 1. The third-order valence-corrected chi connectivity index (χ3v) is 2.40. The van der Waals surface area contributed by atoms with Crippen LogP contribution in [0.1, 0.15) is 30.0 Å². The maximum Gasteiger partial charge on any atom is 0.125 e. The summed E-state index contributed by atoms with van der Waals surface area (Å²) < 4.78 is 0. The summed E-state index contributed by atoms with van der Waals surface area (Å²) in [5, 5.41) is 3.04. The Bertz CT molecular complexity index is 290. The molecule has 1 saturated carbocycles. The van der Waals surface area contributed by atoms with Gasteiger partial charge < -0.3 is 5.32 Å². The summed E-state index contributed by atoms with van der Waals surface area (Å²) in [6.45, 7) is 2.09. The molecule has 0 aliphatic heterocycles. The Balaban J connectivity index is 2.32. The lowest BCUT2D eigenvalue weighted by Gasteiger charge is -2.05. The van der Waals surface area contributed by atoms with Crippen LogP contribution < -0.4 is 5.32 Å². The highest BCUT2D eigenvalue weighted by Crippen LogP contribution is 2.41. The van der Waals surface area contributed by atoms with E-state index in [2.05, 4.69) is 29.4 Å². The van der Waals surface area contributed by atoms with E-state index >= 15 is 0 Å². The molecule has 1 N–H and O–H groups in total. The van der Waals surface area contributed by atoms with Crippen molar-refractivity contribution in [2.24, 2.45) is 0 Å². The van der Waals surface area contributed by atoms with Crippen molar-refractivity contribution in [2.75, 3.05) is 12.4 Å². The predicted octanol–water partition coefficient (Wildman–Crippen LogP) is 2.31. The highest BCUT2D eigenvalue weighted by atomic mass is 15.0. The molecule has 2 nitrogen and oxygen atoms in total. The first-order chi connectivity index (χ1) is 5.81. The van der Waals surface area contributed by atoms with Gasteiger partial charge in [-0.15, -0.1) is 0 Å². The van der Waals surface area contributed by atoms with Crippen molar-refractivity contribution < 1.29 is 0 Å². The molecule has 12 heavy (non-hydrogen) atoms. The van der Waals surface area contributed by atoms with Gasteiger partial charge in [-0.1, -0.05) is 6.07 Å². The molecule has 2 heteroatoms. The smallest absolute Gasteiger partial charge is 0.125 e. The molecule has 0 spiro atoms. The summed E-state index contributed by atoms with van der Waals surface area (Å²) in [7, 11) is 1.90. The van der Waals surface area contributed by atoms with E-state index in [0.717, 1.165) is 11.7 Å². The summed E-state index contributed by atoms with van der Waals surface area (Å²) >= 11 is 0. The van der Waals surface area contributed by atoms with Gasteiger partial charge in [-0.2, -0.15) is 0 Å². The maximum absolute atomic E-state index is 4.44. The molecule has 2 rings (SSSR count). The van der Waals surface area contributed by atoms with Crippen molar-refractivity contribution in [1.29, 1.82) is 0 Å². The second-order valence-corrected chi connectivity index (χ2v) is 3.40. The Labute approximate surface area is 73.0 Å². The van der Waals surface area contributed by atoms with Crippen LogP contribution in [0.2, 0.25) is 0 Å². The molecule has 0 amide bonds. The Morgan fingerprint density at radius 2 is 2.17 bits per heavy atom. The van der Waals surface area contributed by atoms with Gasteiger partial charge in [0.05, 0.1) is 0 Å². The summed E-state index contributed by atoms with van der Waals surface area (Å²) in [5.41, 5.74) is 2.62. The molecular formula is C10H14N2. The van der Waals surface area contributed by atoms with Crippen LogP contribution in [-0.4, -0.2) is 12.0 Å². The van der Waals surface area contributed by atoms with Crippen molar-refractivity contribution in [3.8, 4) is 0 Å². The molecule has 0 unspecified atom stereocenters. The Kier molecular flexibility index (Phi) is 1.75. The molecule has 0 atom stereocenters. The van der Waals surface area contributed by atoms with E-state index in [1.807, 2.05) is 7.05 Å². The molecule has 0 radical (unpaired) electrons. The fraction of sp³-hybridized carbons (Fsp3) is 0.500. The van der Waals surface area contributed by atoms with Crippen molar-refractivity contribution in [3.63, 3.8) is 0 Å². The average Bonchev–Trinajstić information content (AvgIpc) is 2.87. The van der Waals surface area contributed by atoms with Crippen LogP contribution in [0, 0.1) is 6.92 Å². The lowest BCUT2D eigenvalue weighted by Crippen LogP contribution is -1.96. The van der Waals surface area contributed by atoms with E-state index in [4.69, 9.17) is 0 Å². The SMILES string of the molecule is CNc1ccc(C2CC2)c(C)n1. The highest BCUT2D eigenvalue weighted by Gasteiger charge is 2.25. The Hall–Kier alpha value is -1.05. The summed E-state index contributed by atoms with van der Waals surface area (Å²) in [6, 6.07) is 4.26. The molecule has 1 fully saturated rings. The van der Waals surface area contributed by atoms with E-state index < -0.39 is 0 Å². The molecule has 0 bridgehead atoms. The zero-order chi connectivity index (χ0) is 8.55. The van der Waals surface area contributed by atoms with Gasteiger partial charge in [0.1, 0.15) is 5.82 Å². The van der Waals surface area contributed by atoms with E-state index in [0.29, 0.717) is 0 Å². The number of anilines is 1. The Morgan fingerprint density at radius 1 is 1.42 bits per heavy atom. The van der Waals surface area contributed by atoms with Gasteiger partial charge in [-0.25, -0.2) is 4.98 Å². The van der Waals surface area contributed by atoms with Crippen molar-refractivity contribution >= 4 is 5.82 Å². The highest BCUT2D eigenvalue weighted by molar-refractivity contribution is 5.40. The van der Waals surface area contributed by atoms with Crippen LogP contribution in [0.5, 0.6) is 0 Å². The van der Waals surface area contributed by atoms with Gasteiger partial charge in [-0.3, -0.25) is 0 Å². The lowest BCUT2D eigenvalue weighted by molar-refractivity contribution is 1.04. The third-order valence-electron chi connectivity index (χ3n) is 2.40. The van der Waals surface area contributed by atoms with Gasteiger partial charge in [0.15, 0.2) is 0 Å². The summed E-state index contributed by atoms with van der Waals surface area (Å²) in [6.07, 6.45) is 2.70. The lowest BCUT2D eigenvalue weighted by atomic mass is 10.1. The van der Waals surface area contributed by atoms with E-state index in [1.165, 1.54) is 24.1 Å². The fourth-order valence-electron chi connectivity index (χ4n) is 1.54. The van der Waals surface area contributed by atoms with Crippen LogP contribution in [-0.2, 0) is 0 Å².